The van der Waals surface area contributed by atoms with Crippen molar-refractivity contribution >= 4 is 17.6 Å². The van der Waals surface area contributed by atoms with Gasteiger partial charge in [-0.05, 0) is 57.8 Å². The first-order valence-electron chi connectivity index (χ1n) is 6.81. The number of alkyl halides is 1. The third-order valence-electron chi connectivity index (χ3n) is 4.42. The summed E-state index contributed by atoms with van der Waals surface area (Å²) in [5.74, 6) is -0.272. The average Bonchev–Trinajstić information content (AvgIpc) is 2.69. The van der Waals surface area contributed by atoms with E-state index in [2.05, 4.69) is 0 Å². The summed E-state index contributed by atoms with van der Waals surface area (Å²) in [6.45, 7) is 3.39. The van der Waals surface area contributed by atoms with Crippen LogP contribution in [0.5, 0.6) is 0 Å². The lowest BCUT2D eigenvalue weighted by Gasteiger charge is -2.37. The summed E-state index contributed by atoms with van der Waals surface area (Å²) in [5.41, 5.74) is 0.597. The number of halogens is 1. The SMILES string of the molecule is CC(C)(Cl)C(=O)OC1CCC2(CCCC2)CC1. The highest BCUT2D eigenvalue weighted by atomic mass is 35.5. The maximum atomic E-state index is 11.7. The van der Waals surface area contributed by atoms with E-state index in [0.29, 0.717) is 5.41 Å². The highest BCUT2D eigenvalue weighted by Crippen LogP contribution is 2.49. The van der Waals surface area contributed by atoms with E-state index in [0.717, 1.165) is 12.8 Å². The lowest BCUT2D eigenvalue weighted by atomic mass is 9.72. The Bertz CT molecular complexity index is 277. The number of rotatable bonds is 2. The number of esters is 1. The van der Waals surface area contributed by atoms with E-state index in [1.807, 2.05) is 0 Å². The van der Waals surface area contributed by atoms with Gasteiger partial charge in [0.25, 0.3) is 0 Å². The predicted molar refractivity (Wildman–Crippen MR) is 69.2 cm³/mol. The Hall–Kier alpha value is -0.240. The Labute approximate surface area is 109 Å². The molecule has 2 saturated carbocycles. The summed E-state index contributed by atoms with van der Waals surface area (Å²) in [6.07, 6.45) is 10.2. The van der Waals surface area contributed by atoms with Gasteiger partial charge in [-0.15, -0.1) is 11.6 Å². The summed E-state index contributed by atoms with van der Waals surface area (Å²) < 4.78 is 5.49. The predicted octanol–water partition coefficient (Wildman–Crippen LogP) is 4.05. The minimum atomic E-state index is -0.886. The Balaban J connectivity index is 1.81. The highest BCUT2D eigenvalue weighted by molar-refractivity contribution is 6.33. The normalized spacial score (nSPS) is 25.1. The second-order valence-corrected chi connectivity index (χ2v) is 7.23. The first-order valence-corrected chi connectivity index (χ1v) is 7.19. The van der Waals surface area contributed by atoms with Gasteiger partial charge in [0, 0.05) is 0 Å². The third kappa shape index (κ3) is 3.15. The topological polar surface area (TPSA) is 26.3 Å². The van der Waals surface area contributed by atoms with Crippen LogP contribution in [0.3, 0.4) is 0 Å². The quantitative estimate of drug-likeness (QED) is 0.552. The van der Waals surface area contributed by atoms with Crippen LogP contribution < -0.4 is 0 Å². The van der Waals surface area contributed by atoms with Gasteiger partial charge in [0.05, 0.1) is 0 Å². The molecule has 0 bridgehead atoms. The van der Waals surface area contributed by atoms with Crippen LogP contribution in [0.15, 0.2) is 0 Å². The van der Waals surface area contributed by atoms with Crippen LogP contribution in [-0.4, -0.2) is 16.9 Å². The fourth-order valence-electron chi connectivity index (χ4n) is 3.24. The molecule has 0 aromatic rings. The fraction of sp³-hybridized carbons (Fsp3) is 0.929. The molecule has 0 aromatic heterocycles. The zero-order valence-corrected chi connectivity index (χ0v) is 11.7. The molecule has 1 spiro atoms. The Kier molecular flexibility index (Phi) is 3.72. The molecule has 0 aliphatic heterocycles. The van der Waals surface area contributed by atoms with Crippen molar-refractivity contribution in [1.82, 2.24) is 0 Å². The zero-order chi connectivity index (χ0) is 12.5. The number of hydrogen-bond acceptors (Lipinski definition) is 2. The number of ether oxygens (including phenoxy) is 1. The molecule has 0 unspecified atom stereocenters. The molecule has 0 amide bonds. The highest BCUT2D eigenvalue weighted by Gasteiger charge is 2.39. The second kappa shape index (κ2) is 4.79. The fourth-order valence-corrected chi connectivity index (χ4v) is 3.28. The minimum Gasteiger partial charge on any atom is -0.461 e. The van der Waals surface area contributed by atoms with Crippen LogP contribution in [0.4, 0.5) is 0 Å². The Morgan fingerprint density at radius 3 is 2.18 bits per heavy atom. The summed E-state index contributed by atoms with van der Waals surface area (Å²) in [7, 11) is 0. The van der Waals surface area contributed by atoms with E-state index < -0.39 is 4.87 Å². The molecular formula is C14H23ClO2. The largest absolute Gasteiger partial charge is 0.461 e. The first kappa shape index (κ1) is 13.2. The third-order valence-corrected chi connectivity index (χ3v) is 4.57. The van der Waals surface area contributed by atoms with Crippen molar-refractivity contribution in [2.45, 2.75) is 76.2 Å². The maximum Gasteiger partial charge on any atom is 0.326 e. The Morgan fingerprint density at radius 1 is 1.18 bits per heavy atom. The lowest BCUT2D eigenvalue weighted by Crippen LogP contribution is -2.35. The minimum absolute atomic E-state index is 0.103. The van der Waals surface area contributed by atoms with Crippen molar-refractivity contribution in [3.8, 4) is 0 Å². The summed E-state index contributed by atoms with van der Waals surface area (Å²) in [4.78, 5) is 10.8. The molecule has 17 heavy (non-hydrogen) atoms. The van der Waals surface area contributed by atoms with Gasteiger partial charge in [0.2, 0.25) is 0 Å². The van der Waals surface area contributed by atoms with Crippen molar-refractivity contribution in [1.29, 1.82) is 0 Å². The van der Waals surface area contributed by atoms with Crippen LogP contribution in [0.1, 0.15) is 65.2 Å². The van der Waals surface area contributed by atoms with Gasteiger partial charge < -0.3 is 4.74 Å². The van der Waals surface area contributed by atoms with Crippen LogP contribution in [0.25, 0.3) is 0 Å². The van der Waals surface area contributed by atoms with Gasteiger partial charge >= 0.3 is 5.97 Å². The van der Waals surface area contributed by atoms with Gasteiger partial charge in [-0.3, -0.25) is 4.79 Å². The molecule has 0 N–H and O–H groups in total. The zero-order valence-electron chi connectivity index (χ0n) is 10.9. The molecule has 0 atom stereocenters. The van der Waals surface area contributed by atoms with E-state index in [-0.39, 0.29) is 12.1 Å². The van der Waals surface area contributed by atoms with Gasteiger partial charge in [-0.1, -0.05) is 12.8 Å². The van der Waals surface area contributed by atoms with E-state index >= 15 is 0 Å². The lowest BCUT2D eigenvalue weighted by molar-refractivity contribution is -0.154. The molecule has 2 rings (SSSR count). The van der Waals surface area contributed by atoms with Crippen molar-refractivity contribution in [3.05, 3.63) is 0 Å². The molecule has 0 radical (unpaired) electrons. The maximum absolute atomic E-state index is 11.7. The van der Waals surface area contributed by atoms with Crippen LogP contribution >= 0.6 is 11.6 Å². The van der Waals surface area contributed by atoms with E-state index in [4.69, 9.17) is 16.3 Å². The number of hydrogen-bond donors (Lipinski definition) is 0. The monoisotopic (exact) mass is 258 g/mol. The molecule has 2 nitrogen and oxygen atoms in total. The van der Waals surface area contributed by atoms with Gasteiger partial charge in [0.1, 0.15) is 11.0 Å². The standard InChI is InChI=1S/C14H23ClO2/c1-13(2,15)12(16)17-11-5-9-14(10-6-11)7-3-4-8-14/h11H,3-10H2,1-2H3. The summed E-state index contributed by atoms with van der Waals surface area (Å²) in [5, 5.41) is 0. The second-order valence-electron chi connectivity index (χ2n) is 6.28. The van der Waals surface area contributed by atoms with Crippen molar-refractivity contribution in [3.63, 3.8) is 0 Å². The smallest absolute Gasteiger partial charge is 0.326 e. The van der Waals surface area contributed by atoms with Crippen molar-refractivity contribution in [2.75, 3.05) is 0 Å². The summed E-state index contributed by atoms with van der Waals surface area (Å²) >= 11 is 5.95. The van der Waals surface area contributed by atoms with E-state index in [9.17, 15) is 4.79 Å². The van der Waals surface area contributed by atoms with Crippen LogP contribution in [-0.2, 0) is 9.53 Å². The molecular weight excluding hydrogens is 236 g/mol. The van der Waals surface area contributed by atoms with Gasteiger partial charge in [-0.25, -0.2) is 0 Å². The van der Waals surface area contributed by atoms with Crippen LogP contribution in [0, 0.1) is 5.41 Å². The molecule has 3 heteroatoms. The van der Waals surface area contributed by atoms with Crippen LogP contribution in [0.2, 0.25) is 0 Å². The van der Waals surface area contributed by atoms with Crippen molar-refractivity contribution in [2.24, 2.45) is 5.41 Å². The molecule has 0 aromatic carbocycles. The van der Waals surface area contributed by atoms with E-state index in [1.54, 1.807) is 13.8 Å². The molecule has 98 valence electrons. The first-order chi connectivity index (χ1) is 7.91. The summed E-state index contributed by atoms with van der Waals surface area (Å²) in [6, 6.07) is 0. The number of carbonyl (C=O) groups excluding carboxylic acids is 1. The molecule has 2 aliphatic carbocycles. The number of carbonyl (C=O) groups is 1. The van der Waals surface area contributed by atoms with E-state index in [1.165, 1.54) is 38.5 Å². The average molecular weight is 259 g/mol. The molecule has 0 saturated heterocycles. The molecule has 0 heterocycles. The Morgan fingerprint density at radius 2 is 1.71 bits per heavy atom. The van der Waals surface area contributed by atoms with Crippen molar-refractivity contribution < 1.29 is 9.53 Å². The van der Waals surface area contributed by atoms with Gasteiger partial charge in [-0.2, -0.15) is 0 Å². The van der Waals surface area contributed by atoms with Gasteiger partial charge in [0.15, 0.2) is 0 Å². The molecule has 2 aliphatic rings. The molecule has 2 fully saturated rings.